The topological polar surface area (TPSA) is 59.2 Å². The second-order valence-electron chi connectivity index (χ2n) is 3.16. The van der Waals surface area contributed by atoms with Gasteiger partial charge in [0.25, 0.3) is 0 Å². The summed E-state index contributed by atoms with van der Waals surface area (Å²) >= 11 is 0. The lowest BCUT2D eigenvalue weighted by Gasteiger charge is -2.13. The maximum atomic E-state index is 11.4. The minimum absolute atomic E-state index is 0.0468. The number of pyridine rings is 1. The lowest BCUT2D eigenvalue weighted by Crippen LogP contribution is -2.28. The molecule has 1 aliphatic rings. The SMILES string of the molecule is NC1CC(=O)N(c2ccccn2)C1. The number of carbonyl (C=O) groups is 1. The van der Waals surface area contributed by atoms with Crippen LogP contribution < -0.4 is 10.6 Å². The van der Waals surface area contributed by atoms with Gasteiger partial charge in [0.1, 0.15) is 5.82 Å². The van der Waals surface area contributed by atoms with Gasteiger partial charge < -0.3 is 5.73 Å². The first-order valence-electron chi connectivity index (χ1n) is 4.24. The summed E-state index contributed by atoms with van der Waals surface area (Å²) in [5.74, 6) is 0.756. The van der Waals surface area contributed by atoms with Gasteiger partial charge in [-0.3, -0.25) is 9.69 Å². The first-order valence-corrected chi connectivity index (χ1v) is 4.24. The van der Waals surface area contributed by atoms with Crippen LogP contribution in [0.1, 0.15) is 6.42 Å². The highest BCUT2D eigenvalue weighted by molar-refractivity contribution is 5.95. The van der Waals surface area contributed by atoms with Crippen LogP contribution in [0.15, 0.2) is 24.4 Å². The summed E-state index contributed by atoms with van der Waals surface area (Å²) in [5.41, 5.74) is 5.66. The van der Waals surface area contributed by atoms with Crippen LogP contribution >= 0.6 is 0 Å². The van der Waals surface area contributed by atoms with Gasteiger partial charge in [-0.2, -0.15) is 0 Å². The van der Waals surface area contributed by atoms with E-state index in [1.54, 1.807) is 11.1 Å². The van der Waals surface area contributed by atoms with E-state index in [1.165, 1.54) is 0 Å². The average Bonchev–Trinajstić information content (AvgIpc) is 2.47. The minimum atomic E-state index is -0.0468. The maximum Gasteiger partial charge on any atom is 0.229 e. The number of hydrogen-bond acceptors (Lipinski definition) is 3. The average molecular weight is 177 g/mol. The summed E-state index contributed by atoms with van der Waals surface area (Å²) in [6.07, 6.45) is 2.10. The molecule has 2 N–H and O–H groups in total. The monoisotopic (exact) mass is 177 g/mol. The van der Waals surface area contributed by atoms with Crippen molar-refractivity contribution in [3.05, 3.63) is 24.4 Å². The van der Waals surface area contributed by atoms with E-state index < -0.39 is 0 Å². The van der Waals surface area contributed by atoms with Crippen LogP contribution in [0.3, 0.4) is 0 Å². The van der Waals surface area contributed by atoms with Gasteiger partial charge in [0.05, 0.1) is 0 Å². The van der Waals surface area contributed by atoms with Crippen LogP contribution in [0.25, 0.3) is 0 Å². The molecule has 68 valence electrons. The normalized spacial score (nSPS) is 22.4. The Bertz CT molecular complexity index is 312. The predicted molar refractivity (Wildman–Crippen MR) is 49.2 cm³/mol. The van der Waals surface area contributed by atoms with E-state index in [0.717, 1.165) is 0 Å². The predicted octanol–water partition coefficient (Wildman–Crippen LogP) is 0.146. The Kier molecular flexibility index (Phi) is 1.98. The number of aromatic nitrogens is 1. The molecule has 2 heterocycles. The Morgan fingerprint density at radius 3 is 2.92 bits per heavy atom. The fourth-order valence-corrected chi connectivity index (χ4v) is 1.47. The molecule has 1 aromatic heterocycles. The number of amides is 1. The van der Waals surface area contributed by atoms with Crippen molar-refractivity contribution in [2.75, 3.05) is 11.4 Å². The number of nitrogens with two attached hydrogens (primary N) is 1. The Morgan fingerprint density at radius 2 is 2.38 bits per heavy atom. The highest BCUT2D eigenvalue weighted by Gasteiger charge is 2.28. The molecule has 13 heavy (non-hydrogen) atoms. The van der Waals surface area contributed by atoms with Gasteiger partial charge in [-0.05, 0) is 12.1 Å². The van der Waals surface area contributed by atoms with Gasteiger partial charge in [0, 0.05) is 25.2 Å². The molecular formula is C9H11N3O. The fourth-order valence-electron chi connectivity index (χ4n) is 1.47. The summed E-state index contributed by atoms with van der Waals surface area (Å²) in [5, 5.41) is 0. The van der Waals surface area contributed by atoms with Gasteiger partial charge in [0.2, 0.25) is 5.91 Å². The van der Waals surface area contributed by atoms with Crippen LogP contribution in [0.5, 0.6) is 0 Å². The van der Waals surface area contributed by atoms with Crippen LogP contribution in [-0.2, 0) is 4.79 Å². The van der Waals surface area contributed by atoms with Crippen LogP contribution in [0.2, 0.25) is 0 Å². The summed E-state index contributed by atoms with van der Waals surface area (Å²) in [4.78, 5) is 17.1. The van der Waals surface area contributed by atoms with Crippen molar-refractivity contribution in [3.63, 3.8) is 0 Å². The molecule has 1 aromatic rings. The zero-order valence-electron chi connectivity index (χ0n) is 7.18. The molecule has 0 spiro atoms. The highest BCUT2D eigenvalue weighted by atomic mass is 16.2. The first-order chi connectivity index (χ1) is 6.27. The van der Waals surface area contributed by atoms with E-state index in [0.29, 0.717) is 18.8 Å². The number of hydrogen-bond donors (Lipinski definition) is 1. The third-order valence-electron chi connectivity index (χ3n) is 2.08. The van der Waals surface area contributed by atoms with E-state index >= 15 is 0 Å². The number of nitrogens with zero attached hydrogens (tertiary/aromatic N) is 2. The molecular weight excluding hydrogens is 166 g/mol. The lowest BCUT2D eigenvalue weighted by atomic mass is 10.3. The molecule has 1 saturated heterocycles. The molecule has 4 nitrogen and oxygen atoms in total. The summed E-state index contributed by atoms with van der Waals surface area (Å²) in [6, 6.07) is 5.45. The minimum Gasteiger partial charge on any atom is -0.326 e. The molecule has 0 aromatic carbocycles. The number of rotatable bonds is 1. The Morgan fingerprint density at radius 1 is 1.54 bits per heavy atom. The first kappa shape index (κ1) is 8.19. The summed E-state index contributed by atoms with van der Waals surface area (Å²) in [6.45, 7) is 0.579. The largest absolute Gasteiger partial charge is 0.326 e. The second kappa shape index (κ2) is 3.14. The lowest BCUT2D eigenvalue weighted by molar-refractivity contribution is -0.117. The van der Waals surface area contributed by atoms with Crippen molar-refractivity contribution < 1.29 is 4.79 Å². The van der Waals surface area contributed by atoms with Crippen LogP contribution in [0, 0.1) is 0 Å². The zero-order chi connectivity index (χ0) is 9.26. The van der Waals surface area contributed by atoms with E-state index in [-0.39, 0.29) is 11.9 Å². The maximum absolute atomic E-state index is 11.4. The molecule has 0 saturated carbocycles. The van der Waals surface area contributed by atoms with E-state index in [1.807, 2.05) is 18.2 Å². The van der Waals surface area contributed by atoms with Crippen molar-refractivity contribution in [3.8, 4) is 0 Å². The molecule has 1 fully saturated rings. The summed E-state index contributed by atoms with van der Waals surface area (Å²) < 4.78 is 0. The standard InChI is InChI=1S/C9H11N3O/c10-7-5-9(13)12(6-7)8-3-1-2-4-11-8/h1-4,7H,5-6,10H2. The number of anilines is 1. The van der Waals surface area contributed by atoms with Gasteiger partial charge in [-0.1, -0.05) is 6.07 Å². The van der Waals surface area contributed by atoms with Crippen LogP contribution in [0.4, 0.5) is 5.82 Å². The zero-order valence-corrected chi connectivity index (χ0v) is 7.18. The van der Waals surface area contributed by atoms with E-state index in [9.17, 15) is 4.79 Å². The van der Waals surface area contributed by atoms with Gasteiger partial charge in [-0.25, -0.2) is 4.98 Å². The number of carbonyl (C=O) groups excluding carboxylic acids is 1. The molecule has 1 atom stereocenters. The molecule has 2 rings (SSSR count). The van der Waals surface area contributed by atoms with E-state index in [4.69, 9.17) is 5.73 Å². The molecule has 1 aliphatic heterocycles. The van der Waals surface area contributed by atoms with Gasteiger partial charge >= 0.3 is 0 Å². The van der Waals surface area contributed by atoms with Crippen molar-refractivity contribution >= 4 is 11.7 Å². The van der Waals surface area contributed by atoms with Gasteiger partial charge in [0.15, 0.2) is 0 Å². The van der Waals surface area contributed by atoms with Crippen molar-refractivity contribution in [1.82, 2.24) is 4.98 Å². The fraction of sp³-hybridized carbons (Fsp3) is 0.333. The molecule has 1 unspecified atom stereocenters. The van der Waals surface area contributed by atoms with Crippen LogP contribution in [-0.4, -0.2) is 23.5 Å². The molecule has 0 aliphatic carbocycles. The van der Waals surface area contributed by atoms with Gasteiger partial charge in [-0.15, -0.1) is 0 Å². The summed E-state index contributed by atoms with van der Waals surface area (Å²) in [7, 11) is 0. The Labute approximate surface area is 76.4 Å². The smallest absolute Gasteiger partial charge is 0.229 e. The Hall–Kier alpha value is -1.42. The Balaban J connectivity index is 2.23. The third kappa shape index (κ3) is 1.53. The molecule has 4 heteroatoms. The second-order valence-corrected chi connectivity index (χ2v) is 3.16. The van der Waals surface area contributed by atoms with Crippen molar-refractivity contribution in [1.29, 1.82) is 0 Å². The van der Waals surface area contributed by atoms with Crippen molar-refractivity contribution in [2.24, 2.45) is 5.73 Å². The quantitative estimate of drug-likeness (QED) is 0.664. The van der Waals surface area contributed by atoms with E-state index in [2.05, 4.69) is 4.98 Å². The molecule has 1 amide bonds. The molecule has 0 radical (unpaired) electrons. The van der Waals surface area contributed by atoms with Crippen molar-refractivity contribution in [2.45, 2.75) is 12.5 Å². The highest BCUT2D eigenvalue weighted by Crippen LogP contribution is 2.17. The molecule has 0 bridgehead atoms. The third-order valence-corrected chi connectivity index (χ3v) is 2.08.